The molecule has 0 bridgehead atoms. The number of hydrogen-bond donors (Lipinski definition) is 1. The third-order valence-electron chi connectivity index (χ3n) is 2.45. The van der Waals surface area contributed by atoms with Crippen molar-refractivity contribution >= 4 is 11.7 Å². The number of nitrogen functional groups attached to an aromatic ring is 1. The van der Waals surface area contributed by atoms with Gasteiger partial charge in [0.2, 0.25) is 5.88 Å². The lowest BCUT2D eigenvalue weighted by Crippen LogP contribution is -2.08. The fourth-order valence-electron chi connectivity index (χ4n) is 1.62. The van der Waals surface area contributed by atoms with E-state index in [9.17, 15) is 4.79 Å². The van der Waals surface area contributed by atoms with E-state index in [1.54, 1.807) is 25.1 Å². The lowest BCUT2D eigenvalue weighted by Gasteiger charge is -2.04. The number of anilines is 1. The van der Waals surface area contributed by atoms with Crippen molar-refractivity contribution in [3.63, 3.8) is 0 Å². The Balaban J connectivity index is 2.31. The molecule has 106 valence electrons. The molecule has 2 aromatic rings. The summed E-state index contributed by atoms with van der Waals surface area (Å²) in [6.07, 6.45) is 1.52. The summed E-state index contributed by atoms with van der Waals surface area (Å²) >= 11 is 0. The summed E-state index contributed by atoms with van der Waals surface area (Å²) in [5.74, 6) is 0.444. The zero-order valence-electron chi connectivity index (χ0n) is 11.4. The predicted molar refractivity (Wildman–Crippen MR) is 72.9 cm³/mol. The van der Waals surface area contributed by atoms with Crippen LogP contribution in [0.15, 0.2) is 24.4 Å². The maximum absolute atomic E-state index is 11.7. The first kappa shape index (κ1) is 13.9. The molecule has 7 heteroatoms. The van der Waals surface area contributed by atoms with Gasteiger partial charge in [0.1, 0.15) is 0 Å². The number of aromatic nitrogens is 3. The van der Waals surface area contributed by atoms with Crippen LogP contribution in [0, 0.1) is 0 Å². The summed E-state index contributed by atoms with van der Waals surface area (Å²) in [6, 6.07) is 5.27. The fraction of sp³-hybridized carbons (Fsp3) is 0.308. The molecule has 0 fully saturated rings. The fourth-order valence-corrected chi connectivity index (χ4v) is 1.62. The molecule has 0 unspecified atom stereocenters. The van der Waals surface area contributed by atoms with Gasteiger partial charge < -0.3 is 15.2 Å². The number of ether oxygens (including phenoxy) is 2. The summed E-state index contributed by atoms with van der Waals surface area (Å²) in [6.45, 7) is 4.38. The Labute approximate surface area is 116 Å². The number of carbonyl (C=O) groups is 1. The molecule has 0 aromatic carbocycles. The summed E-state index contributed by atoms with van der Waals surface area (Å²) in [5, 5.41) is 4.10. The number of hydrogen-bond acceptors (Lipinski definition) is 6. The Morgan fingerprint density at radius 1 is 1.35 bits per heavy atom. The molecule has 0 aliphatic rings. The van der Waals surface area contributed by atoms with Gasteiger partial charge >= 0.3 is 5.97 Å². The Morgan fingerprint density at radius 3 is 2.85 bits per heavy atom. The van der Waals surface area contributed by atoms with Crippen molar-refractivity contribution in [1.29, 1.82) is 0 Å². The van der Waals surface area contributed by atoms with Crippen LogP contribution in [0.2, 0.25) is 0 Å². The van der Waals surface area contributed by atoms with E-state index in [0.29, 0.717) is 18.3 Å². The van der Waals surface area contributed by atoms with Gasteiger partial charge in [0, 0.05) is 6.07 Å². The second-order valence-corrected chi connectivity index (χ2v) is 3.87. The average Bonchev–Trinajstić information content (AvgIpc) is 2.82. The summed E-state index contributed by atoms with van der Waals surface area (Å²) in [7, 11) is 0. The van der Waals surface area contributed by atoms with Crippen molar-refractivity contribution in [3.05, 3.63) is 30.1 Å². The minimum Gasteiger partial charge on any atom is -0.478 e. The van der Waals surface area contributed by atoms with Crippen molar-refractivity contribution in [2.45, 2.75) is 13.8 Å². The first-order valence-electron chi connectivity index (χ1n) is 6.28. The van der Waals surface area contributed by atoms with E-state index in [1.165, 1.54) is 10.9 Å². The van der Waals surface area contributed by atoms with E-state index in [2.05, 4.69) is 10.1 Å². The Morgan fingerprint density at radius 2 is 2.15 bits per heavy atom. The Bertz CT molecular complexity index is 609. The summed E-state index contributed by atoms with van der Waals surface area (Å²) in [4.78, 5) is 15.9. The second-order valence-electron chi connectivity index (χ2n) is 3.87. The minimum absolute atomic E-state index is 0.0791. The molecule has 7 nitrogen and oxygen atoms in total. The zero-order chi connectivity index (χ0) is 14.5. The van der Waals surface area contributed by atoms with Gasteiger partial charge in [-0.25, -0.2) is 9.48 Å². The monoisotopic (exact) mass is 276 g/mol. The van der Waals surface area contributed by atoms with Crippen molar-refractivity contribution in [2.75, 3.05) is 18.9 Å². The second kappa shape index (κ2) is 6.05. The highest BCUT2D eigenvalue weighted by Crippen LogP contribution is 2.16. The molecular weight excluding hydrogens is 260 g/mol. The van der Waals surface area contributed by atoms with Crippen LogP contribution in [-0.4, -0.2) is 33.9 Å². The van der Waals surface area contributed by atoms with Gasteiger partial charge in [-0.15, -0.1) is 0 Å². The van der Waals surface area contributed by atoms with Gasteiger partial charge in [-0.2, -0.15) is 10.1 Å². The maximum atomic E-state index is 11.7. The number of nitrogens with zero attached hydrogens (tertiary/aromatic N) is 3. The molecule has 0 radical (unpaired) electrons. The van der Waals surface area contributed by atoms with Crippen LogP contribution in [0.1, 0.15) is 24.3 Å². The van der Waals surface area contributed by atoms with Gasteiger partial charge in [-0.05, 0) is 19.9 Å². The molecule has 0 amide bonds. The number of carbonyl (C=O) groups excluding carboxylic acids is 1. The van der Waals surface area contributed by atoms with Gasteiger partial charge in [-0.3, -0.25) is 0 Å². The molecule has 0 atom stereocenters. The molecule has 2 aromatic heterocycles. The van der Waals surface area contributed by atoms with Gasteiger partial charge in [-0.1, -0.05) is 6.07 Å². The van der Waals surface area contributed by atoms with Crippen molar-refractivity contribution < 1.29 is 14.3 Å². The zero-order valence-corrected chi connectivity index (χ0v) is 11.4. The number of esters is 1. The predicted octanol–water partition coefficient (Wildman–Crippen LogP) is 1.42. The van der Waals surface area contributed by atoms with Gasteiger partial charge in [0.05, 0.1) is 25.1 Å². The van der Waals surface area contributed by atoms with Crippen LogP contribution in [0.4, 0.5) is 5.69 Å². The van der Waals surface area contributed by atoms with E-state index in [0.717, 1.165) is 0 Å². The van der Waals surface area contributed by atoms with E-state index >= 15 is 0 Å². The first-order chi connectivity index (χ1) is 9.65. The first-order valence-corrected chi connectivity index (χ1v) is 6.28. The van der Waals surface area contributed by atoms with Crippen molar-refractivity contribution in [2.24, 2.45) is 0 Å². The molecule has 20 heavy (non-hydrogen) atoms. The molecule has 0 spiro atoms. The third-order valence-corrected chi connectivity index (χ3v) is 2.45. The third kappa shape index (κ3) is 2.87. The normalized spacial score (nSPS) is 10.3. The Kier molecular flexibility index (Phi) is 4.19. The number of rotatable bonds is 5. The van der Waals surface area contributed by atoms with Gasteiger partial charge in [0.25, 0.3) is 0 Å². The smallest absolute Gasteiger partial charge is 0.361 e. The lowest BCUT2D eigenvalue weighted by atomic mass is 10.4. The molecule has 0 saturated carbocycles. The Hall–Kier alpha value is -2.57. The van der Waals surface area contributed by atoms with Crippen LogP contribution in [0.25, 0.3) is 5.82 Å². The van der Waals surface area contributed by atoms with Crippen LogP contribution in [-0.2, 0) is 4.74 Å². The average molecular weight is 276 g/mol. The molecule has 2 heterocycles. The molecule has 2 rings (SSSR count). The maximum Gasteiger partial charge on any atom is 0.361 e. The molecule has 0 aliphatic heterocycles. The molecular formula is C13H16N4O3. The van der Waals surface area contributed by atoms with Gasteiger partial charge in [0.15, 0.2) is 11.5 Å². The van der Waals surface area contributed by atoms with E-state index in [1.807, 2.05) is 6.92 Å². The minimum atomic E-state index is -0.551. The highest BCUT2D eigenvalue weighted by atomic mass is 16.5. The van der Waals surface area contributed by atoms with Crippen molar-refractivity contribution in [1.82, 2.24) is 14.8 Å². The quantitative estimate of drug-likeness (QED) is 0.830. The highest BCUT2D eigenvalue weighted by molar-refractivity contribution is 5.92. The van der Waals surface area contributed by atoms with E-state index in [-0.39, 0.29) is 18.0 Å². The molecule has 0 aliphatic carbocycles. The van der Waals surface area contributed by atoms with Crippen LogP contribution >= 0.6 is 0 Å². The number of nitrogens with two attached hydrogens (primary N) is 1. The largest absolute Gasteiger partial charge is 0.478 e. The van der Waals surface area contributed by atoms with Crippen LogP contribution < -0.4 is 10.5 Å². The molecule has 2 N–H and O–H groups in total. The van der Waals surface area contributed by atoms with Crippen LogP contribution in [0.3, 0.4) is 0 Å². The topological polar surface area (TPSA) is 92.3 Å². The van der Waals surface area contributed by atoms with E-state index < -0.39 is 5.97 Å². The summed E-state index contributed by atoms with van der Waals surface area (Å²) < 4.78 is 11.6. The van der Waals surface area contributed by atoms with E-state index in [4.69, 9.17) is 15.2 Å². The SMILES string of the molecule is CCOC(=O)c1nn(-c2cccc(OCC)n2)cc1N. The van der Waals surface area contributed by atoms with Crippen molar-refractivity contribution in [3.8, 4) is 11.7 Å². The summed E-state index contributed by atoms with van der Waals surface area (Å²) in [5.41, 5.74) is 6.09. The molecule has 0 saturated heterocycles. The standard InChI is InChI=1S/C13H16N4O3/c1-3-19-11-7-5-6-10(15-11)17-8-9(14)12(16-17)13(18)20-4-2/h5-8H,3-4,14H2,1-2H3. The number of pyridine rings is 1. The van der Waals surface area contributed by atoms with Crippen LogP contribution in [0.5, 0.6) is 5.88 Å². The highest BCUT2D eigenvalue weighted by Gasteiger charge is 2.17. The lowest BCUT2D eigenvalue weighted by molar-refractivity contribution is 0.0520.